The minimum atomic E-state index is -0.964. The van der Waals surface area contributed by atoms with E-state index in [0.717, 1.165) is 24.3 Å². The lowest BCUT2D eigenvalue weighted by Crippen LogP contribution is -2.14. The number of rotatable bonds is 3. The van der Waals surface area contributed by atoms with Gasteiger partial charge in [-0.05, 0) is 74.3 Å². The Balaban J connectivity index is 0.000000214. The summed E-state index contributed by atoms with van der Waals surface area (Å²) in [7, 11) is 0. The molecule has 0 aliphatic heterocycles. The van der Waals surface area contributed by atoms with Crippen LogP contribution in [0.4, 0.5) is 28.9 Å². The average molecular weight is 644 g/mol. The lowest BCUT2D eigenvalue weighted by atomic mass is 10.2. The number of halogens is 6. The Morgan fingerprint density at radius 1 is 0.838 bits per heavy atom. The van der Waals surface area contributed by atoms with Crippen molar-refractivity contribution in [2.75, 3.05) is 11.1 Å². The maximum Gasteiger partial charge on any atom is 0.337 e. The van der Waals surface area contributed by atoms with Crippen LogP contribution < -0.4 is 11.1 Å². The van der Waals surface area contributed by atoms with Crippen LogP contribution in [0, 0.1) is 23.3 Å². The number of carbonyl (C=O) groups excluding carboxylic acids is 1. The van der Waals surface area contributed by atoms with Gasteiger partial charge in [0.1, 0.15) is 39.2 Å². The molecule has 7 nitrogen and oxygen atoms in total. The quantitative estimate of drug-likeness (QED) is 0.134. The van der Waals surface area contributed by atoms with Gasteiger partial charge < -0.3 is 16.2 Å². The molecule has 0 saturated carbocycles. The molecule has 0 aliphatic carbocycles. The maximum atomic E-state index is 13.3. The number of amides is 1. The van der Waals surface area contributed by atoms with Crippen LogP contribution in [0.3, 0.4) is 0 Å². The summed E-state index contributed by atoms with van der Waals surface area (Å²) in [6.07, 6.45) is 4.25. The molecule has 37 heavy (non-hydrogen) atoms. The highest BCUT2D eigenvalue weighted by atomic mass is 79.9. The van der Waals surface area contributed by atoms with E-state index in [1.165, 1.54) is 48.9 Å². The minimum Gasteiger partial charge on any atom is -0.478 e. The van der Waals surface area contributed by atoms with Crippen LogP contribution in [0.2, 0.25) is 0 Å². The van der Waals surface area contributed by atoms with E-state index in [1.54, 1.807) is 0 Å². The largest absolute Gasteiger partial charge is 0.478 e. The number of pyridine rings is 2. The smallest absolute Gasteiger partial charge is 0.337 e. The fraction of sp³-hybridized carbons (Fsp3) is 0. The molecule has 0 fully saturated rings. The zero-order chi connectivity index (χ0) is 27.5. The van der Waals surface area contributed by atoms with Gasteiger partial charge in [-0.15, -0.1) is 0 Å². The van der Waals surface area contributed by atoms with E-state index in [9.17, 15) is 27.2 Å². The molecular weight excluding hydrogens is 628 g/mol. The van der Waals surface area contributed by atoms with Crippen molar-refractivity contribution >= 4 is 55.1 Å². The first-order chi connectivity index (χ1) is 17.5. The molecule has 0 saturated heterocycles. The Morgan fingerprint density at radius 2 is 1.41 bits per heavy atom. The molecule has 0 radical (unpaired) electrons. The molecule has 4 N–H and O–H groups in total. The van der Waals surface area contributed by atoms with Crippen LogP contribution in [0.15, 0.2) is 82.3 Å². The zero-order valence-corrected chi connectivity index (χ0v) is 21.6. The molecule has 1 amide bonds. The van der Waals surface area contributed by atoms with Gasteiger partial charge in [-0.1, -0.05) is 12.1 Å². The van der Waals surface area contributed by atoms with Crippen LogP contribution in [-0.4, -0.2) is 27.0 Å². The van der Waals surface area contributed by atoms with E-state index in [4.69, 9.17) is 10.8 Å². The second kappa shape index (κ2) is 14.0. The summed E-state index contributed by atoms with van der Waals surface area (Å²) in [5.74, 6) is -4.64. The van der Waals surface area contributed by atoms with Gasteiger partial charge in [0.05, 0.1) is 5.56 Å². The Labute approximate surface area is 224 Å². The lowest BCUT2D eigenvalue weighted by molar-refractivity contribution is 0.0696. The molecule has 13 heteroatoms. The number of para-hydroxylation sites is 2. The van der Waals surface area contributed by atoms with Crippen molar-refractivity contribution in [3.8, 4) is 0 Å². The van der Waals surface area contributed by atoms with Crippen LogP contribution >= 0.6 is 31.9 Å². The monoisotopic (exact) mass is 642 g/mol. The van der Waals surface area contributed by atoms with Gasteiger partial charge in [0.15, 0.2) is 0 Å². The Kier molecular flexibility index (Phi) is 11.2. The molecule has 4 rings (SSSR count). The average Bonchev–Trinajstić information content (AvgIpc) is 2.85. The van der Waals surface area contributed by atoms with Crippen LogP contribution in [0.5, 0.6) is 0 Å². The highest BCUT2D eigenvalue weighted by Crippen LogP contribution is 2.19. The molecule has 2 aromatic heterocycles. The van der Waals surface area contributed by atoms with Crippen molar-refractivity contribution in [1.82, 2.24) is 9.97 Å². The van der Waals surface area contributed by atoms with E-state index in [1.807, 2.05) is 0 Å². The normalized spacial score (nSPS) is 9.78. The van der Waals surface area contributed by atoms with Crippen molar-refractivity contribution in [3.63, 3.8) is 0 Å². The molecule has 2 aromatic carbocycles. The third-order valence-electron chi connectivity index (χ3n) is 4.14. The number of carboxylic acids is 1. The minimum absolute atomic E-state index is 0.189. The van der Waals surface area contributed by atoms with E-state index >= 15 is 0 Å². The van der Waals surface area contributed by atoms with Crippen molar-refractivity contribution in [1.29, 1.82) is 0 Å². The van der Waals surface area contributed by atoms with Gasteiger partial charge in [-0.3, -0.25) is 9.78 Å². The van der Waals surface area contributed by atoms with Crippen molar-refractivity contribution in [2.45, 2.75) is 0 Å². The first kappa shape index (κ1) is 29.4. The number of carbonyl (C=O) groups is 2. The molecule has 4 aromatic rings. The molecular formula is C24H16Br2F4N4O3. The number of nitrogens with zero attached hydrogens (tertiary/aromatic N) is 2. The second-order valence-corrected chi connectivity index (χ2v) is 8.48. The molecule has 0 bridgehead atoms. The fourth-order valence-corrected chi connectivity index (χ4v) is 3.12. The van der Waals surface area contributed by atoms with Crippen molar-refractivity contribution < 1.29 is 32.3 Å². The summed E-state index contributed by atoms with van der Waals surface area (Å²) in [5, 5.41) is 10.6. The molecule has 0 atom stereocenters. The Morgan fingerprint density at radius 3 is 1.86 bits per heavy atom. The number of hydrogen-bond acceptors (Lipinski definition) is 5. The van der Waals surface area contributed by atoms with E-state index in [0.29, 0.717) is 9.08 Å². The lowest BCUT2D eigenvalue weighted by Gasteiger charge is -2.07. The van der Waals surface area contributed by atoms with E-state index in [2.05, 4.69) is 47.1 Å². The zero-order valence-electron chi connectivity index (χ0n) is 18.4. The number of aromatic carboxylic acids is 1. The number of nitrogens with two attached hydrogens (primary N) is 1. The number of hydrogen-bond donors (Lipinski definition) is 3. The number of nitrogens with one attached hydrogen (secondary N) is 1. The first-order valence-corrected chi connectivity index (χ1v) is 11.5. The predicted molar refractivity (Wildman–Crippen MR) is 136 cm³/mol. The highest BCUT2D eigenvalue weighted by molar-refractivity contribution is 9.10. The summed E-state index contributed by atoms with van der Waals surface area (Å²) < 4.78 is 52.2. The number of nitrogen functional groups attached to an aromatic ring is 1. The molecule has 2 heterocycles. The van der Waals surface area contributed by atoms with Crippen molar-refractivity contribution in [3.05, 3.63) is 117 Å². The van der Waals surface area contributed by atoms with Gasteiger partial charge >= 0.3 is 5.97 Å². The summed E-state index contributed by atoms with van der Waals surface area (Å²) >= 11 is 6.21. The Hall–Kier alpha value is -3.84. The SMILES string of the molecule is Nc1c(F)cccc1F.O=C(Nc1c(F)cccc1F)c1ccnc(Br)c1.O=C(O)c1cncc(Br)c1. The van der Waals surface area contributed by atoms with Crippen molar-refractivity contribution in [2.24, 2.45) is 0 Å². The standard InChI is InChI=1S/C12H7BrF2N2O.C6H4BrNO2.C6H5F2N/c13-10-6-7(4-5-16-10)12(18)17-11-8(14)2-1-3-9(11)15;7-5-1-4(6(9)10)2-8-3-5;7-4-2-1-3-5(8)6(4)9/h1-6H,(H,17,18);1-3H,(H,9,10);1-3H,9H2. The summed E-state index contributed by atoms with van der Waals surface area (Å²) in [6, 6.07) is 11.2. The topological polar surface area (TPSA) is 118 Å². The van der Waals surface area contributed by atoms with Gasteiger partial charge in [-0.25, -0.2) is 27.3 Å². The van der Waals surface area contributed by atoms with Gasteiger partial charge in [0.2, 0.25) is 0 Å². The molecule has 0 aliphatic rings. The van der Waals surface area contributed by atoms with E-state index in [-0.39, 0.29) is 11.1 Å². The summed E-state index contributed by atoms with van der Waals surface area (Å²) in [6.45, 7) is 0. The van der Waals surface area contributed by atoms with Gasteiger partial charge in [0, 0.05) is 28.6 Å². The fourth-order valence-electron chi connectivity index (χ4n) is 2.39. The number of aromatic nitrogens is 2. The number of benzene rings is 2. The van der Waals surface area contributed by atoms with E-state index < -0.39 is 46.5 Å². The van der Waals surface area contributed by atoms with Gasteiger partial charge in [0.25, 0.3) is 5.91 Å². The second-order valence-electron chi connectivity index (χ2n) is 6.75. The maximum absolute atomic E-state index is 13.3. The molecule has 0 spiro atoms. The van der Waals surface area contributed by atoms with Gasteiger partial charge in [-0.2, -0.15) is 0 Å². The number of anilines is 2. The number of carboxylic acid groups (broad SMARTS) is 1. The first-order valence-electron chi connectivity index (χ1n) is 9.89. The van der Waals surface area contributed by atoms with Crippen LogP contribution in [0.25, 0.3) is 0 Å². The third-order valence-corrected chi connectivity index (χ3v) is 5.01. The molecule has 192 valence electrons. The third kappa shape index (κ3) is 9.28. The summed E-state index contributed by atoms with van der Waals surface area (Å²) in [4.78, 5) is 29.6. The Bertz CT molecular complexity index is 1370. The molecule has 0 unspecified atom stereocenters. The van der Waals surface area contributed by atoms with Crippen LogP contribution in [0.1, 0.15) is 20.7 Å². The predicted octanol–water partition coefficient (Wildman–Crippen LogP) is 6.46. The summed E-state index contributed by atoms with van der Waals surface area (Å²) in [5.41, 5.74) is 4.49. The highest BCUT2D eigenvalue weighted by Gasteiger charge is 2.13. The van der Waals surface area contributed by atoms with Crippen LogP contribution in [-0.2, 0) is 0 Å².